The van der Waals surface area contributed by atoms with Crippen molar-refractivity contribution in [2.24, 2.45) is 0 Å². The largest absolute Gasteiger partial charge is 0.493 e. The number of benzene rings is 2. The summed E-state index contributed by atoms with van der Waals surface area (Å²) in [5.74, 6) is -0.283. The van der Waals surface area contributed by atoms with Crippen LogP contribution in [0.4, 0.5) is 14.5 Å². The van der Waals surface area contributed by atoms with E-state index in [1.54, 1.807) is 6.92 Å². The van der Waals surface area contributed by atoms with Crippen molar-refractivity contribution in [1.82, 2.24) is 9.97 Å². The molecule has 1 unspecified atom stereocenters. The van der Waals surface area contributed by atoms with E-state index in [-0.39, 0.29) is 39.2 Å². The van der Waals surface area contributed by atoms with Gasteiger partial charge in [-0.05, 0) is 42.3 Å². The van der Waals surface area contributed by atoms with Crippen LogP contribution in [0.5, 0.6) is 17.4 Å². The highest BCUT2D eigenvalue weighted by Crippen LogP contribution is 2.37. The van der Waals surface area contributed by atoms with Crippen molar-refractivity contribution in [3.63, 3.8) is 0 Å². The molecule has 40 heavy (non-hydrogen) atoms. The highest BCUT2D eigenvalue weighted by atomic mass is 32.2. The number of nitriles is 1. The van der Waals surface area contributed by atoms with E-state index >= 15 is 0 Å². The van der Waals surface area contributed by atoms with E-state index in [2.05, 4.69) is 15.3 Å². The number of carbonyl (C=O) groups is 1. The average molecular weight is 564 g/mol. The maximum Gasteiger partial charge on any atom is 0.263 e. The molecule has 0 fully saturated rings. The number of methoxy groups -OCH3 is 1. The normalized spacial score (nSPS) is 12.3. The van der Waals surface area contributed by atoms with E-state index < -0.39 is 22.1 Å². The van der Waals surface area contributed by atoms with Crippen LogP contribution in [0.15, 0.2) is 72.0 Å². The molecule has 204 valence electrons. The molecule has 12 heteroatoms. The third-order valence-corrected chi connectivity index (χ3v) is 6.92. The molecule has 4 rings (SSSR count). The minimum absolute atomic E-state index is 0.00758. The lowest BCUT2D eigenvalue weighted by Crippen LogP contribution is -2.16. The van der Waals surface area contributed by atoms with Crippen LogP contribution in [0.2, 0.25) is 0 Å². The molecule has 0 saturated carbocycles. The van der Waals surface area contributed by atoms with Crippen molar-refractivity contribution in [3.8, 4) is 34.6 Å². The van der Waals surface area contributed by atoms with Crippen molar-refractivity contribution in [3.05, 3.63) is 89.2 Å². The number of amides is 1. The van der Waals surface area contributed by atoms with Crippen LogP contribution >= 0.6 is 0 Å². The molecular weight excluding hydrogens is 540 g/mol. The van der Waals surface area contributed by atoms with Gasteiger partial charge in [-0.15, -0.1) is 0 Å². The van der Waals surface area contributed by atoms with E-state index in [1.165, 1.54) is 80.4 Å². The Hall–Kier alpha value is -4.89. The fourth-order valence-electron chi connectivity index (χ4n) is 3.84. The van der Waals surface area contributed by atoms with Gasteiger partial charge in [-0.1, -0.05) is 24.3 Å². The number of aromatic nitrogens is 2. The number of rotatable bonds is 8. The van der Waals surface area contributed by atoms with Crippen LogP contribution in [0.25, 0.3) is 11.1 Å². The molecule has 1 atom stereocenters. The lowest BCUT2D eigenvalue weighted by atomic mass is 9.97. The molecule has 0 spiro atoms. The van der Waals surface area contributed by atoms with Gasteiger partial charge < -0.3 is 14.8 Å². The first kappa shape index (κ1) is 28.1. The second-order valence-electron chi connectivity index (χ2n) is 8.66. The number of nitrogens with zero attached hydrogens (tertiary/aromatic N) is 3. The zero-order valence-electron chi connectivity index (χ0n) is 21.6. The van der Waals surface area contributed by atoms with Crippen molar-refractivity contribution >= 4 is 21.3 Å². The number of nitrogens with one attached hydrogen (secondary N) is 2. The van der Waals surface area contributed by atoms with Gasteiger partial charge in [-0.2, -0.15) is 5.26 Å². The predicted octanol–water partition coefficient (Wildman–Crippen LogP) is 6.35. The van der Waals surface area contributed by atoms with Gasteiger partial charge in [-0.25, -0.2) is 27.7 Å². The first-order valence-corrected chi connectivity index (χ1v) is 13.6. The summed E-state index contributed by atoms with van der Waals surface area (Å²) < 4.78 is 57.5. The van der Waals surface area contributed by atoms with E-state index in [1.807, 2.05) is 6.07 Å². The van der Waals surface area contributed by atoms with E-state index in [0.29, 0.717) is 22.3 Å². The Morgan fingerprint density at radius 2 is 1.82 bits per heavy atom. The molecule has 0 bridgehead atoms. The van der Waals surface area contributed by atoms with Crippen molar-refractivity contribution < 1.29 is 27.3 Å². The number of pyridine rings is 2. The highest BCUT2D eigenvalue weighted by Gasteiger charge is 2.23. The third kappa shape index (κ3) is 6.05. The smallest absolute Gasteiger partial charge is 0.263 e. The second-order valence-corrected chi connectivity index (χ2v) is 10.8. The van der Waals surface area contributed by atoms with Crippen LogP contribution in [0, 0.1) is 23.0 Å². The van der Waals surface area contributed by atoms with Crippen LogP contribution in [-0.4, -0.2) is 33.4 Å². The Balaban J connectivity index is 1.81. The average Bonchev–Trinajstić information content (AvgIpc) is 2.93. The van der Waals surface area contributed by atoms with Gasteiger partial charge >= 0.3 is 0 Å². The molecule has 0 aliphatic heterocycles. The number of hydrogen-bond donors (Lipinski definition) is 2. The predicted molar refractivity (Wildman–Crippen MR) is 144 cm³/mol. The lowest BCUT2D eigenvalue weighted by molar-refractivity contribution is 0.102. The lowest BCUT2D eigenvalue weighted by Gasteiger charge is -2.17. The van der Waals surface area contributed by atoms with Gasteiger partial charge in [0.25, 0.3) is 12.3 Å². The number of anilines is 1. The molecule has 0 radical (unpaired) electrons. The molecule has 0 aliphatic rings. The summed E-state index contributed by atoms with van der Waals surface area (Å²) >= 11 is 0. The Labute approximate surface area is 229 Å². The monoisotopic (exact) mass is 563 g/mol. The molecular formula is C28H23F2N5O4S. The topological polar surface area (TPSA) is 138 Å². The van der Waals surface area contributed by atoms with E-state index in [0.717, 1.165) is 0 Å². The number of alkyl halides is 2. The van der Waals surface area contributed by atoms with Gasteiger partial charge in [0.1, 0.15) is 10.6 Å². The molecule has 9 nitrogen and oxygen atoms in total. The number of ether oxygens (including phenoxy) is 2. The van der Waals surface area contributed by atoms with Gasteiger partial charge in [0.05, 0.1) is 28.5 Å². The Morgan fingerprint density at radius 1 is 1.10 bits per heavy atom. The molecule has 2 aromatic heterocycles. The maximum atomic E-state index is 13.6. The van der Waals surface area contributed by atoms with Crippen molar-refractivity contribution in [1.29, 1.82) is 10.0 Å². The molecule has 2 heterocycles. The van der Waals surface area contributed by atoms with Crippen molar-refractivity contribution in [2.75, 3.05) is 18.7 Å². The van der Waals surface area contributed by atoms with Crippen LogP contribution in [0.1, 0.15) is 33.5 Å². The summed E-state index contributed by atoms with van der Waals surface area (Å²) in [6.45, 7) is 1.66. The standard InChI is InChI=1S/C28H23F2N5O4S/c1-16-21(18-5-7-19(8-6-18)26(29)30)15-34-28(39-22-9-4-17(14-31)12-23(22)38-2)25(16)27(36)35-20-10-11-33-24(13-20)40(3,32)37/h4-13,15,26,32H,1-3H3,(H,33,35,36). The fourth-order valence-corrected chi connectivity index (χ4v) is 4.46. The summed E-state index contributed by atoms with van der Waals surface area (Å²) in [6, 6.07) is 15.0. The second kappa shape index (κ2) is 11.5. The molecule has 0 saturated heterocycles. The Kier molecular flexibility index (Phi) is 8.06. The Morgan fingerprint density at radius 3 is 2.45 bits per heavy atom. The summed E-state index contributed by atoms with van der Waals surface area (Å²) in [5, 5.41) is 11.9. The van der Waals surface area contributed by atoms with E-state index in [9.17, 15) is 23.0 Å². The summed E-state index contributed by atoms with van der Waals surface area (Å²) in [6.07, 6.45) is 1.38. The van der Waals surface area contributed by atoms with Crippen molar-refractivity contribution in [2.45, 2.75) is 18.4 Å². The first-order valence-electron chi connectivity index (χ1n) is 11.7. The third-order valence-electron chi connectivity index (χ3n) is 5.90. The van der Waals surface area contributed by atoms with Crippen LogP contribution in [0.3, 0.4) is 0 Å². The SMILES string of the molecule is COc1cc(C#N)ccc1Oc1ncc(-c2ccc(C(F)F)cc2)c(C)c1C(=O)Nc1ccnc(S(C)(=N)=O)c1. The zero-order valence-corrected chi connectivity index (χ0v) is 22.4. The maximum absolute atomic E-state index is 13.6. The molecule has 2 N–H and O–H groups in total. The molecule has 2 aromatic carbocycles. The van der Waals surface area contributed by atoms with Gasteiger partial charge in [0.15, 0.2) is 11.5 Å². The quantitative estimate of drug-likeness (QED) is 0.255. The summed E-state index contributed by atoms with van der Waals surface area (Å²) in [5.41, 5.74) is 1.96. The number of carbonyl (C=O) groups excluding carboxylic acids is 1. The molecule has 0 aliphatic carbocycles. The summed E-state index contributed by atoms with van der Waals surface area (Å²) in [4.78, 5) is 22.0. The number of hydrogen-bond acceptors (Lipinski definition) is 8. The van der Waals surface area contributed by atoms with Gasteiger partial charge in [-0.3, -0.25) is 4.79 Å². The molecule has 1 amide bonds. The van der Waals surface area contributed by atoms with E-state index in [4.69, 9.17) is 14.3 Å². The molecule has 4 aromatic rings. The van der Waals surface area contributed by atoms with Crippen LogP contribution in [-0.2, 0) is 9.73 Å². The minimum Gasteiger partial charge on any atom is -0.493 e. The minimum atomic E-state index is -3.14. The fraction of sp³-hybridized carbons (Fsp3) is 0.143. The first-order chi connectivity index (χ1) is 19.0. The summed E-state index contributed by atoms with van der Waals surface area (Å²) in [7, 11) is -1.73. The number of halogens is 2. The highest BCUT2D eigenvalue weighted by molar-refractivity contribution is 7.91. The van der Waals surface area contributed by atoms with Crippen LogP contribution < -0.4 is 14.8 Å². The van der Waals surface area contributed by atoms with Gasteiger partial charge in [0.2, 0.25) is 5.88 Å². The van der Waals surface area contributed by atoms with Gasteiger partial charge in [0, 0.05) is 41.5 Å². The Bertz CT molecular complexity index is 1740. The zero-order chi connectivity index (χ0) is 29.0.